The average molecular weight is 1000 g/mol. The lowest BCUT2D eigenvalue weighted by atomic mass is 10.0. The Kier molecular flexibility index (Phi) is 59.5. The van der Waals surface area contributed by atoms with Gasteiger partial charge in [0.25, 0.3) is 0 Å². The maximum Gasteiger partial charge on any atom is 0.305 e. The Hall–Kier alpha value is -1.66. The zero-order chi connectivity index (χ0) is 51.4. The second-order valence-corrected chi connectivity index (χ2v) is 22.1. The zero-order valence-corrected chi connectivity index (χ0v) is 48.0. The van der Waals surface area contributed by atoms with Crippen LogP contribution in [0.3, 0.4) is 0 Å². The minimum Gasteiger partial charge on any atom is -0.466 e. The van der Waals surface area contributed by atoms with E-state index in [-0.39, 0.29) is 18.5 Å². The monoisotopic (exact) mass is 1000 g/mol. The van der Waals surface area contributed by atoms with Gasteiger partial charge in [0.1, 0.15) is 0 Å². The van der Waals surface area contributed by atoms with Gasteiger partial charge in [-0.25, -0.2) is 0 Å². The van der Waals surface area contributed by atoms with Gasteiger partial charge < -0.3 is 20.3 Å². The standard InChI is InChI=1S/C65H125NO5/c1-3-5-7-9-11-13-15-17-19-21-22-23-24-25-26-28-29-33-37-41-45-49-53-57-63(68)62(61-67)66-64(69)58-54-50-46-42-38-34-31-32-36-40-44-48-52-56-60-71-65(70)59-55-51-47-43-39-35-30-27-20-18-16-14-12-10-8-6-4-2/h18,20,53,57,62-63,67-68H,3-17,19,21-52,54-56,58-61H2,1-2H3,(H,66,69)/b20-18-,57-53+. The number of aliphatic hydroxyl groups is 2. The number of ether oxygens (including phenoxy) is 1. The Labute approximate surface area is 443 Å². The number of rotatable bonds is 60. The van der Waals surface area contributed by atoms with Crippen molar-refractivity contribution in [3.8, 4) is 0 Å². The van der Waals surface area contributed by atoms with Gasteiger partial charge in [0.2, 0.25) is 5.91 Å². The average Bonchev–Trinajstić information content (AvgIpc) is 3.37. The summed E-state index contributed by atoms with van der Waals surface area (Å²) in [5.41, 5.74) is 0. The molecule has 0 aliphatic carbocycles. The van der Waals surface area contributed by atoms with Gasteiger partial charge in [-0.15, -0.1) is 0 Å². The van der Waals surface area contributed by atoms with Crippen molar-refractivity contribution in [1.29, 1.82) is 0 Å². The zero-order valence-electron chi connectivity index (χ0n) is 48.0. The van der Waals surface area contributed by atoms with Crippen LogP contribution in [0.15, 0.2) is 24.3 Å². The molecule has 0 aliphatic heterocycles. The highest BCUT2D eigenvalue weighted by Gasteiger charge is 2.18. The first-order chi connectivity index (χ1) is 35.0. The van der Waals surface area contributed by atoms with Crippen LogP contribution in [0.4, 0.5) is 0 Å². The van der Waals surface area contributed by atoms with Gasteiger partial charge in [0.15, 0.2) is 0 Å². The molecule has 0 heterocycles. The first-order valence-corrected chi connectivity index (χ1v) is 32.1. The summed E-state index contributed by atoms with van der Waals surface area (Å²) in [6.45, 7) is 4.90. The van der Waals surface area contributed by atoms with Crippen molar-refractivity contribution in [3.05, 3.63) is 24.3 Å². The van der Waals surface area contributed by atoms with Crippen molar-refractivity contribution in [2.24, 2.45) is 0 Å². The molecule has 0 rings (SSSR count). The highest BCUT2D eigenvalue weighted by molar-refractivity contribution is 5.76. The maximum absolute atomic E-state index is 12.5. The quantitative estimate of drug-likeness (QED) is 0.0320. The van der Waals surface area contributed by atoms with E-state index in [0.717, 1.165) is 57.8 Å². The molecule has 0 bridgehead atoms. The Balaban J connectivity index is 3.46. The smallest absolute Gasteiger partial charge is 0.305 e. The van der Waals surface area contributed by atoms with Gasteiger partial charge in [-0.2, -0.15) is 0 Å². The first-order valence-electron chi connectivity index (χ1n) is 32.1. The van der Waals surface area contributed by atoms with Crippen LogP contribution in [0, 0.1) is 0 Å². The third kappa shape index (κ3) is 57.5. The van der Waals surface area contributed by atoms with Crippen molar-refractivity contribution in [2.75, 3.05) is 13.2 Å². The first kappa shape index (κ1) is 69.3. The fourth-order valence-electron chi connectivity index (χ4n) is 10.0. The minimum absolute atomic E-state index is 0.00583. The molecule has 0 spiro atoms. The lowest BCUT2D eigenvalue weighted by molar-refractivity contribution is -0.143. The van der Waals surface area contributed by atoms with Crippen LogP contribution in [-0.4, -0.2) is 47.4 Å². The summed E-state index contributed by atoms with van der Waals surface area (Å²) >= 11 is 0. The summed E-state index contributed by atoms with van der Waals surface area (Å²) < 4.78 is 5.49. The normalized spacial score (nSPS) is 12.7. The predicted molar refractivity (Wildman–Crippen MR) is 310 cm³/mol. The number of unbranched alkanes of at least 4 members (excludes halogenated alkanes) is 47. The molecule has 0 aromatic heterocycles. The van der Waals surface area contributed by atoms with E-state index in [4.69, 9.17) is 4.74 Å². The fraction of sp³-hybridized carbons (Fsp3) is 0.908. The largest absolute Gasteiger partial charge is 0.466 e. The van der Waals surface area contributed by atoms with Crippen LogP contribution in [-0.2, 0) is 14.3 Å². The number of hydrogen-bond donors (Lipinski definition) is 3. The van der Waals surface area contributed by atoms with Crippen LogP contribution in [0.5, 0.6) is 0 Å². The van der Waals surface area contributed by atoms with Crippen molar-refractivity contribution >= 4 is 11.9 Å². The SMILES string of the molecule is CCCCCCCC/C=C\CCCCCCCCCC(=O)OCCCCCCCCCCCCCCCCC(=O)NC(CO)C(O)/C=C/CCCCCCCCCCCCCCCCCCCCCCC. The second kappa shape index (κ2) is 60.9. The van der Waals surface area contributed by atoms with Crippen LogP contribution < -0.4 is 5.32 Å². The molecule has 0 aromatic carbocycles. The molecule has 0 fully saturated rings. The second-order valence-electron chi connectivity index (χ2n) is 22.1. The summed E-state index contributed by atoms with van der Waals surface area (Å²) in [6.07, 6.45) is 75.0. The molecule has 2 unspecified atom stereocenters. The van der Waals surface area contributed by atoms with E-state index < -0.39 is 12.1 Å². The summed E-state index contributed by atoms with van der Waals surface area (Å²) in [5.74, 6) is -0.0808. The number of carbonyl (C=O) groups excluding carboxylic acids is 2. The van der Waals surface area contributed by atoms with Gasteiger partial charge in [0, 0.05) is 12.8 Å². The number of esters is 1. The van der Waals surface area contributed by atoms with Gasteiger partial charge in [0.05, 0.1) is 25.4 Å². The molecule has 420 valence electrons. The van der Waals surface area contributed by atoms with Gasteiger partial charge in [-0.3, -0.25) is 9.59 Å². The third-order valence-corrected chi connectivity index (χ3v) is 15.0. The molecule has 6 nitrogen and oxygen atoms in total. The van der Waals surface area contributed by atoms with Gasteiger partial charge in [-0.05, 0) is 57.8 Å². The summed E-state index contributed by atoms with van der Waals surface area (Å²) in [5, 5.41) is 23.2. The van der Waals surface area contributed by atoms with E-state index in [1.54, 1.807) is 6.08 Å². The van der Waals surface area contributed by atoms with Crippen molar-refractivity contribution in [1.82, 2.24) is 5.32 Å². The van der Waals surface area contributed by atoms with E-state index in [0.29, 0.717) is 19.4 Å². The molecule has 3 N–H and O–H groups in total. The third-order valence-electron chi connectivity index (χ3n) is 15.0. The molecule has 2 atom stereocenters. The highest BCUT2D eigenvalue weighted by atomic mass is 16.5. The number of amides is 1. The van der Waals surface area contributed by atoms with Gasteiger partial charge >= 0.3 is 5.97 Å². The van der Waals surface area contributed by atoms with Crippen LogP contribution >= 0.6 is 0 Å². The number of hydrogen-bond acceptors (Lipinski definition) is 5. The van der Waals surface area contributed by atoms with Crippen molar-refractivity contribution < 1.29 is 24.5 Å². The molecular weight excluding hydrogens is 875 g/mol. The molecule has 0 saturated carbocycles. The topological polar surface area (TPSA) is 95.9 Å². The Morgan fingerprint density at radius 2 is 0.662 bits per heavy atom. The lowest BCUT2D eigenvalue weighted by Crippen LogP contribution is -2.45. The van der Waals surface area contributed by atoms with Crippen LogP contribution in [0.25, 0.3) is 0 Å². The number of aliphatic hydroxyl groups excluding tert-OH is 2. The Morgan fingerprint density at radius 3 is 1.00 bits per heavy atom. The number of carbonyl (C=O) groups is 2. The Bertz CT molecular complexity index is 1110. The van der Waals surface area contributed by atoms with E-state index in [1.807, 2.05) is 6.08 Å². The summed E-state index contributed by atoms with van der Waals surface area (Å²) in [6, 6.07) is -0.637. The summed E-state index contributed by atoms with van der Waals surface area (Å²) in [4.78, 5) is 24.6. The predicted octanol–water partition coefficient (Wildman–Crippen LogP) is 20.2. The molecule has 71 heavy (non-hydrogen) atoms. The fourth-order valence-corrected chi connectivity index (χ4v) is 10.0. The van der Waals surface area contributed by atoms with Crippen LogP contribution in [0.2, 0.25) is 0 Å². The Morgan fingerprint density at radius 1 is 0.380 bits per heavy atom. The number of nitrogens with one attached hydrogen (secondary N) is 1. The van der Waals surface area contributed by atoms with Crippen molar-refractivity contribution in [2.45, 2.75) is 366 Å². The van der Waals surface area contributed by atoms with E-state index in [1.165, 1.54) is 270 Å². The molecular formula is C65H125NO5. The molecule has 1 amide bonds. The lowest BCUT2D eigenvalue weighted by Gasteiger charge is -2.20. The molecule has 0 aromatic rings. The van der Waals surface area contributed by atoms with Gasteiger partial charge in [-0.1, -0.05) is 308 Å². The maximum atomic E-state index is 12.5. The van der Waals surface area contributed by atoms with Crippen molar-refractivity contribution in [3.63, 3.8) is 0 Å². The highest BCUT2D eigenvalue weighted by Crippen LogP contribution is 2.18. The molecule has 0 saturated heterocycles. The minimum atomic E-state index is -0.853. The van der Waals surface area contributed by atoms with Crippen LogP contribution in [0.1, 0.15) is 354 Å². The molecule has 6 heteroatoms. The molecule has 0 radical (unpaired) electrons. The molecule has 0 aliphatic rings. The van der Waals surface area contributed by atoms with E-state index >= 15 is 0 Å². The van der Waals surface area contributed by atoms with E-state index in [9.17, 15) is 19.8 Å². The number of allylic oxidation sites excluding steroid dienone is 3. The van der Waals surface area contributed by atoms with E-state index in [2.05, 4.69) is 31.3 Å². The summed E-state index contributed by atoms with van der Waals surface area (Å²) in [7, 11) is 0.